The van der Waals surface area contributed by atoms with E-state index in [1.165, 1.54) is 99.7 Å². The molecule has 0 unspecified atom stereocenters. The van der Waals surface area contributed by atoms with Gasteiger partial charge in [0.2, 0.25) is 0 Å². The third-order valence-corrected chi connectivity index (χ3v) is 10.7. The van der Waals surface area contributed by atoms with Gasteiger partial charge in [-0.25, -0.2) is 0 Å². The largest absolute Gasteiger partial charge is 0.359 e. The fraction of sp³-hybridized carbons (Fsp3) is 0.364. The average molecular weight is 605 g/mol. The minimum atomic E-state index is 0.0426. The Hall–Kier alpha value is -4.04. The van der Waals surface area contributed by atoms with Crippen LogP contribution in [0.1, 0.15) is 105 Å². The molecule has 8 rings (SSSR count). The van der Waals surface area contributed by atoms with E-state index in [4.69, 9.17) is 0 Å². The molecule has 2 aromatic heterocycles. The van der Waals surface area contributed by atoms with Crippen LogP contribution in [-0.4, -0.2) is 9.97 Å². The summed E-state index contributed by atoms with van der Waals surface area (Å²) in [5, 5.41) is 5.48. The first-order chi connectivity index (χ1) is 21.3. The maximum atomic E-state index is 3.82. The maximum Gasteiger partial charge on any atom is 0.0712 e. The number of fused-ring (bicyclic) bond motifs is 6. The van der Waals surface area contributed by atoms with E-state index in [0.29, 0.717) is 0 Å². The molecular weight excluding hydrogens is 556 g/mol. The zero-order valence-electron chi connectivity index (χ0n) is 29.8. The maximum absolute atomic E-state index is 3.82. The van der Waals surface area contributed by atoms with Crippen molar-refractivity contribution in [1.82, 2.24) is 9.97 Å². The van der Waals surface area contributed by atoms with Gasteiger partial charge >= 0.3 is 0 Å². The summed E-state index contributed by atoms with van der Waals surface area (Å²) in [6, 6.07) is 19.6. The van der Waals surface area contributed by atoms with Gasteiger partial charge in [-0.1, -0.05) is 107 Å². The molecule has 2 heteroatoms. The topological polar surface area (TPSA) is 31.6 Å². The molecule has 0 atom stereocenters. The Morgan fingerprint density at radius 3 is 0.913 bits per heavy atom. The van der Waals surface area contributed by atoms with E-state index in [1.807, 2.05) is 0 Å². The molecule has 0 fully saturated rings. The summed E-state index contributed by atoms with van der Waals surface area (Å²) >= 11 is 0. The molecular formula is C44H48N2. The first-order valence-corrected chi connectivity index (χ1v) is 17.0. The predicted octanol–water partition coefficient (Wildman–Crippen LogP) is 12.8. The summed E-state index contributed by atoms with van der Waals surface area (Å²) in [5.74, 6) is 0. The highest BCUT2D eigenvalue weighted by atomic mass is 14.8. The molecule has 0 aliphatic heterocycles. The Morgan fingerprint density at radius 2 is 0.630 bits per heavy atom. The van der Waals surface area contributed by atoms with Crippen LogP contribution >= 0.6 is 0 Å². The Labute approximate surface area is 274 Å². The quantitative estimate of drug-likeness (QED) is 0.187. The van der Waals surface area contributed by atoms with E-state index in [0.717, 1.165) is 0 Å². The molecule has 2 nitrogen and oxygen atoms in total. The average Bonchev–Trinajstić information content (AvgIpc) is 3.69. The molecule has 0 spiro atoms. The summed E-state index contributed by atoms with van der Waals surface area (Å²) in [7, 11) is 0. The van der Waals surface area contributed by atoms with Gasteiger partial charge in [0.1, 0.15) is 0 Å². The van der Waals surface area contributed by atoms with Gasteiger partial charge in [0.25, 0.3) is 0 Å². The third-order valence-electron chi connectivity index (χ3n) is 10.7. The van der Waals surface area contributed by atoms with Crippen LogP contribution < -0.4 is 0 Å². The van der Waals surface area contributed by atoms with Crippen molar-refractivity contribution in [3.8, 4) is 55.9 Å². The predicted molar refractivity (Wildman–Crippen MR) is 199 cm³/mol. The molecule has 0 amide bonds. The van der Waals surface area contributed by atoms with Crippen LogP contribution in [0, 0.1) is 0 Å². The fourth-order valence-electron chi connectivity index (χ4n) is 7.81. The molecule has 2 heterocycles. The summed E-state index contributed by atoms with van der Waals surface area (Å²) < 4.78 is 0. The molecule has 4 aromatic carbocycles. The highest BCUT2D eigenvalue weighted by Crippen LogP contribution is 2.57. The second-order valence-electron chi connectivity index (χ2n) is 18.2. The van der Waals surface area contributed by atoms with Gasteiger partial charge in [0, 0.05) is 34.6 Å². The SMILES string of the molecule is CC(C)(C)c1cc2c3c(cc(C(C)(C)C)cc3c1)-c1c-2c[nH]c1-c1[nH]cc2c1-c1cc(C(C)(C)C)cc3cc(C(C)(C)C)cc-2c13. The first-order valence-electron chi connectivity index (χ1n) is 17.0. The smallest absolute Gasteiger partial charge is 0.0712 e. The minimum absolute atomic E-state index is 0.0426. The fourth-order valence-corrected chi connectivity index (χ4v) is 7.81. The van der Waals surface area contributed by atoms with Crippen LogP contribution in [0.5, 0.6) is 0 Å². The number of rotatable bonds is 1. The number of hydrogen-bond donors (Lipinski definition) is 2. The second-order valence-corrected chi connectivity index (χ2v) is 18.2. The number of aromatic amines is 2. The lowest BCUT2D eigenvalue weighted by molar-refractivity contribution is 0.589. The molecule has 0 radical (unpaired) electrons. The lowest BCUT2D eigenvalue weighted by Gasteiger charge is -2.23. The molecule has 2 aliphatic carbocycles. The van der Waals surface area contributed by atoms with E-state index < -0.39 is 0 Å². The van der Waals surface area contributed by atoms with Gasteiger partial charge in [-0.05, 0) is 112 Å². The Morgan fingerprint density at radius 1 is 0.348 bits per heavy atom. The van der Waals surface area contributed by atoms with Crippen LogP contribution in [0.25, 0.3) is 77.4 Å². The van der Waals surface area contributed by atoms with Crippen molar-refractivity contribution >= 4 is 21.5 Å². The van der Waals surface area contributed by atoms with Crippen LogP contribution in [0.4, 0.5) is 0 Å². The van der Waals surface area contributed by atoms with Gasteiger partial charge in [-0.3, -0.25) is 0 Å². The highest BCUT2D eigenvalue weighted by Gasteiger charge is 2.35. The van der Waals surface area contributed by atoms with Gasteiger partial charge in [-0.15, -0.1) is 0 Å². The van der Waals surface area contributed by atoms with Crippen molar-refractivity contribution in [3.05, 3.63) is 83.2 Å². The van der Waals surface area contributed by atoms with Gasteiger partial charge in [0.15, 0.2) is 0 Å². The van der Waals surface area contributed by atoms with Gasteiger partial charge < -0.3 is 9.97 Å². The number of nitrogens with one attached hydrogen (secondary N) is 2. The van der Waals surface area contributed by atoms with Crippen molar-refractivity contribution in [2.24, 2.45) is 0 Å². The number of benzene rings is 4. The number of H-pyrrole nitrogens is 2. The van der Waals surface area contributed by atoms with E-state index >= 15 is 0 Å². The van der Waals surface area contributed by atoms with Crippen molar-refractivity contribution in [1.29, 1.82) is 0 Å². The van der Waals surface area contributed by atoms with Crippen LogP contribution in [-0.2, 0) is 21.7 Å². The van der Waals surface area contributed by atoms with E-state index in [-0.39, 0.29) is 21.7 Å². The Kier molecular flexibility index (Phi) is 5.65. The summed E-state index contributed by atoms with van der Waals surface area (Å²) in [4.78, 5) is 7.63. The van der Waals surface area contributed by atoms with Crippen molar-refractivity contribution < 1.29 is 0 Å². The molecule has 2 N–H and O–H groups in total. The molecule has 234 valence electrons. The zero-order chi connectivity index (χ0) is 32.9. The summed E-state index contributed by atoms with van der Waals surface area (Å²) in [5.41, 5.74) is 18.8. The Balaban J connectivity index is 1.42. The molecule has 6 aromatic rings. The van der Waals surface area contributed by atoms with Crippen molar-refractivity contribution in [2.75, 3.05) is 0 Å². The van der Waals surface area contributed by atoms with Crippen molar-refractivity contribution in [2.45, 2.75) is 105 Å². The van der Waals surface area contributed by atoms with Gasteiger partial charge in [-0.2, -0.15) is 0 Å². The summed E-state index contributed by atoms with van der Waals surface area (Å²) in [6.07, 6.45) is 4.52. The lowest BCUT2D eigenvalue weighted by atomic mass is 9.81. The van der Waals surface area contributed by atoms with Gasteiger partial charge in [0.05, 0.1) is 11.4 Å². The molecule has 0 saturated heterocycles. The van der Waals surface area contributed by atoms with E-state index in [9.17, 15) is 0 Å². The monoisotopic (exact) mass is 604 g/mol. The molecule has 0 saturated carbocycles. The second kappa shape index (κ2) is 8.85. The molecule has 2 aliphatic rings. The Bertz CT molecular complexity index is 2100. The molecule has 0 bridgehead atoms. The normalized spacial score (nSPS) is 14.1. The van der Waals surface area contributed by atoms with E-state index in [2.05, 4.69) is 154 Å². The third kappa shape index (κ3) is 4.08. The zero-order valence-corrected chi connectivity index (χ0v) is 29.8. The number of aromatic nitrogens is 2. The van der Waals surface area contributed by atoms with Crippen LogP contribution in [0.2, 0.25) is 0 Å². The lowest BCUT2D eigenvalue weighted by Crippen LogP contribution is -2.12. The minimum Gasteiger partial charge on any atom is -0.359 e. The van der Waals surface area contributed by atoms with Crippen LogP contribution in [0.15, 0.2) is 60.9 Å². The standard InChI is InChI=1S/C44H48N2/c1-41(2,3)25-13-23-15-27(43(7,8)9)19-31-35(23)29(17-25)33-21-45-39(37(31)33)40-38-32-20-28(44(10,11)12)16-24-14-26(42(4,5)6)18-30(36(24)32)34(38)22-46-40/h13-22,45-46H,1-12H3. The van der Waals surface area contributed by atoms with E-state index in [1.54, 1.807) is 0 Å². The molecule has 46 heavy (non-hydrogen) atoms. The highest BCUT2D eigenvalue weighted by molar-refractivity contribution is 6.22. The first kappa shape index (κ1) is 29.4. The summed E-state index contributed by atoms with van der Waals surface area (Å²) in [6.45, 7) is 27.9. The number of hydrogen-bond acceptors (Lipinski definition) is 0. The van der Waals surface area contributed by atoms with Crippen molar-refractivity contribution in [3.63, 3.8) is 0 Å². The van der Waals surface area contributed by atoms with Crippen LogP contribution in [0.3, 0.4) is 0 Å².